The van der Waals surface area contributed by atoms with E-state index >= 15 is 0 Å². The molecule has 0 spiro atoms. The van der Waals surface area contributed by atoms with Crippen LogP contribution in [-0.4, -0.2) is 0 Å². The molecule has 2 rings (SSSR count). The van der Waals surface area contributed by atoms with Gasteiger partial charge in [-0.1, -0.05) is 26.0 Å². The van der Waals surface area contributed by atoms with Gasteiger partial charge in [-0.3, -0.25) is 0 Å². The lowest BCUT2D eigenvalue weighted by molar-refractivity contribution is 0.570. The van der Waals surface area contributed by atoms with Crippen LogP contribution in [0.4, 0.5) is 0 Å². The van der Waals surface area contributed by atoms with Gasteiger partial charge in [0, 0.05) is 5.39 Å². The number of fused-ring (bicyclic) bond motifs is 1. The van der Waals surface area contributed by atoms with Crippen molar-refractivity contribution in [1.82, 2.24) is 0 Å². The number of para-hydroxylation sites is 1. The van der Waals surface area contributed by atoms with Crippen LogP contribution < -0.4 is 0 Å². The maximum Gasteiger partial charge on any atom is 0.139 e. The normalized spacial score (nSPS) is 10.9. The summed E-state index contributed by atoms with van der Waals surface area (Å²) >= 11 is 0. The first kappa shape index (κ1) is 9.79. The Balaban J connectivity index is 2.85. The smallest absolute Gasteiger partial charge is 0.139 e. The van der Waals surface area contributed by atoms with E-state index in [0.717, 1.165) is 16.5 Å². The number of furan rings is 1. The van der Waals surface area contributed by atoms with E-state index in [1.165, 1.54) is 0 Å². The Morgan fingerprint density at radius 2 is 2.07 bits per heavy atom. The average Bonchev–Trinajstić information content (AvgIpc) is 2.52. The van der Waals surface area contributed by atoms with Gasteiger partial charge in [0.15, 0.2) is 0 Å². The van der Waals surface area contributed by atoms with Crippen molar-refractivity contribution < 1.29 is 4.42 Å². The van der Waals surface area contributed by atoms with Crippen LogP contribution in [0.3, 0.4) is 0 Å². The minimum atomic E-state index is 0.408. The van der Waals surface area contributed by atoms with Gasteiger partial charge in [0.1, 0.15) is 23.0 Å². The van der Waals surface area contributed by atoms with E-state index in [4.69, 9.17) is 9.68 Å². The zero-order valence-corrected chi connectivity index (χ0v) is 9.16. The minimum absolute atomic E-state index is 0.408. The van der Waals surface area contributed by atoms with Crippen LogP contribution in [-0.2, 0) is 0 Å². The highest BCUT2D eigenvalue weighted by atomic mass is 16.3. The van der Waals surface area contributed by atoms with Gasteiger partial charge < -0.3 is 4.42 Å². The van der Waals surface area contributed by atoms with Crippen molar-refractivity contribution in [2.45, 2.75) is 26.7 Å². The fraction of sp³-hybridized carbons (Fsp3) is 0.308. The van der Waals surface area contributed by atoms with Crippen LogP contribution in [0.2, 0.25) is 0 Å². The molecule has 0 radical (unpaired) electrons. The highest BCUT2D eigenvalue weighted by Gasteiger charge is 2.14. The monoisotopic (exact) mass is 199 g/mol. The number of hydrogen-bond donors (Lipinski definition) is 0. The molecule has 2 nitrogen and oxygen atoms in total. The standard InChI is InChI=1S/C13H13NO/c1-8(2)10-5-4-6-11-12(7-14)9(3)15-13(10)11/h4-6,8H,1-3H3. The fourth-order valence-corrected chi connectivity index (χ4v) is 1.85. The molecule has 0 atom stereocenters. The summed E-state index contributed by atoms with van der Waals surface area (Å²) in [6.07, 6.45) is 0. The number of aryl methyl sites for hydroxylation is 1. The third-order valence-corrected chi connectivity index (χ3v) is 2.66. The van der Waals surface area contributed by atoms with E-state index in [9.17, 15) is 0 Å². The van der Waals surface area contributed by atoms with E-state index in [0.29, 0.717) is 17.2 Å². The van der Waals surface area contributed by atoms with Crippen molar-refractivity contribution in [2.24, 2.45) is 0 Å². The molecule has 0 saturated carbocycles. The third kappa shape index (κ3) is 1.41. The molecule has 1 aromatic carbocycles. The fourth-order valence-electron chi connectivity index (χ4n) is 1.85. The zero-order chi connectivity index (χ0) is 11.0. The molecule has 15 heavy (non-hydrogen) atoms. The average molecular weight is 199 g/mol. The van der Waals surface area contributed by atoms with Gasteiger partial charge >= 0.3 is 0 Å². The maximum absolute atomic E-state index is 9.02. The second-order valence-corrected chi connectivity index (χ2v) is 4.02. The second-order valence-electron chi connectivity index (χ2n) is 4.02. The Bertz CT molecular complexity index is 543. The highest BCUT2D eigenvalue weighted by molar-refractivity contribution is 5.87. The lowest BCUT2D eigenvalue weighted by Gasteiger charge is -2.04. The lowest BCUT2D eigenvalue weighted by Crippen LogP contribution is -1.86. The minimum Gasteiger partial charge on any atom is -0.460 e. The molecule has 0 fully saturated rings. The summed E-state index contributed by atoms with van der Waals surface area (Å²) in [6.45, 7) is 6.08. The number of rotatable bonds is 1. The number of hydrogen-bond acceptors (Lipinski definition) is 2. The third-order valence-electron chi connectivity index (χ3n) is 2.66. The van der Waals surface area contributed by atoms with Crippen LogP contribution in [0.1, 0.15) is 36.7 Å². The van der Waals surface area contributed by atoms with E-state index in [-0.39, 0.29) is 0 Å². The Labute approximate surface area is 89.1 Å². The van der Waals surface area contributed by atoms with E-state index in [1.54, 1.807) is 0 Å². The molecule has 0 amide bonds. The summed E-state index contributed by atoms with van der Waals surface area (Å²) in [5.41, 5.74) is 2.69. The first-order valence-electron chi connectivity index (χ1n) is 5.07. The summed E-state index contributed by atoms with van der Waals surface area (Å²) in [4.78, 5) is 0. The molecule has 0 aliphatic heterocycles. The molecular weight excluding hydrogens is 186 g/mol. The molecule has 1 aromatic heterocycles. The molecule has 0 aliphatic rings. The van der Waals surface area contributed by atoms with Gasteiger partial charge in [0.2, 0.25) is 0 Å². The molecule has 0 bridgehead atoms. The molecule has 0 unspecified atom stereocenters. The van der Waals surface area contributed by atoms with Crippen molar-refractivity contribution in [2.75, 3.05) is 0 Å². The topological polar surface area (TPSA) is 36.9 Å². The predicted molar refractivity (Wildman–Crippen MR) is 59.8 cm³/mol. The zero-order valence-electron chi connectivity index (χ0n) is 9.16. The SMILES string of the molecule is Cc1oc2c(C(C)C)cccc2c1C#N. The van der Waals surface area contributed by atoms with E-state index in [2.05, 4.69) is 26.0 Å². The van der Waals surface area contributed by atoms with Crippen molar-refractivity contribution >= 4 is 11.0 Å². The van der Waals surface area contributed by atoms with Gasteiger partial charge in [-0.2, -0.15) is 5.26 Å². The Morgan fingerprint density at radius 3 is 2.67 bits per heavy atom. The van der Waals surface area contributed by atoms with E-state index in [1.807, 2.05) is 19.1 Å². The molecular formula is C13H13NO. The largest absolute Gasteiger partial charge is 0.460 e. The van der Waals surface area contributed by atoms with Crippen molar-refractivity contribution in [3.63, 3.8) is 0 Å². The van der Waals surface area contributed by atoms with Gasteiger partial charge in [-0.25, -0.2) is 0 Å². The van der Waals surface area contributed by atoms with Crippen LogP contribution in [0.25, 0.3) is 11.0 Å². The van der Waals surface area contributed by atoms with Gasteiger partial charge in [-0.15, -0.1) is 0 Å². The molecule has 1 heterocycles. The highest BCUT2D eigenvalue weighted by Crippen LogP contribution is 2.31. The molecule has 2 heteroatoms. The Morgan fingerprint density at radius 1 is 1.33 bits per heavy atom. The number of benzene rings is 1. The first-order valence-corrected chi connectivity index (χ1v) is 5.07. The Hall–Kier alpha value is -1.75. The van der Waals surface area contributed by atoms with Crippen LogP contribution in [0.15, 0.2) is 22.6 Å². The summed E-state index contributed by atoms with van der Waals surface area (Å²) in [6, 6.07) is 8.16. The van der Waals surface area contributed by atoms with Crippen LogP contribution >= 0.6 is 0 Å². The summed E-state index contributed by atoms with van der Waals surface area (Å²) < 4.78 is 5.66. The molecule has 0 aliphatic carbocycles. The first-order chi connectivity index (χ1) is 7.15. The van der Waals surface area contributed by atoms with E-state index < -0.39 is 0 Å². The van der Waals surface area contributed by atoms with Crippen molar-refractivity contribution in [1.29, 1.82) is 5.26 Å². The van der Waals surface area contributed by atoms with Crippen molar-refractivity contribution in [3.05, 3.63) is 35.1 Å². The van der Waals surface area contributed by atoms with Gasteiger partial charge in [0.05, 0.1) is 0 Å². The summed E-state index contributed by atoms with van der Waals surface area (Å²) in [5, 5.41) is 9.96. The predicted octanol–water partition coefficient (Wildman–Crippen LogP) is 3.74. The Kier molecular flexibility index (Phi) is 2.24. The van der Waals surface area contributed by atoms with Crippen molar-refractivity contribution in [3.8, 4) is 6.07 Å². The second kappa shape index (κ2) is 3.43. The molecule has 0 N–H and O–H groups in total. The molecule has 0 saturated heterocycles. The van der Waals surface area contributed by atoms with Crippen LogP contribution in [0.5, 0.6) is 0 Å². The maximum atomic E-state index is 9.02. The number of nitriles is 1. The van der Waals surface area contributed by atoms with Crippen LogP contribution in [0, 0.1) is 18.3 Å². The summed E-state index contributed by atoms with van der Waals surface area (Å²) in [5.74, 6) is 1.12. The summed E-state index contributed by atoms with van der Waals surface area (Å²) in [7, 11) is 0. The molecule has 2 aromatic rings. The number of nitrogens with zero attached hydrogens (tertiary/aromatic N) is 1. The lowest BCUT2D eigenvalue weighted by atomic mass is 10.00. The van der Waals surface area contributed by atoms with Gasteiger partial charge in [0.25, 0.3) is 0 Å². The molecule has 76 valence electrons. The quantitative estimate of drug-likeness (QED) is 0.701. The van der Waals surface area contributed by atoms with Gasteiger partial charge in [-0.05, 0) is 24.5 Å².